The van der Waals surface area contributed by atoms with Crippen LogP contribution in [-0.2, 0) is 0 Å². The number of carbonyl (C=O) groups is 1. The summed E-state index contributed by atoms with van der Waals surface area (Å²) in [5.74, 6) is 0.806. The first kappa shape index (κ1) is 13.5. The minimum absolute atomic E-state index is 0.0535. The lowest BCUT2D eigenvalue weighted by molar-refractivity contribution is 0.0935. The van der Waals surface area contributed by atoms with Gasteiger partial charge in [-0.25, -0.2) is 0 Å². The largest absolute Gasteiger partial charge is 0.496 e. The average molecular weight is 282 g/mol. The van der Waals surface area contributed by atoms with Gasteiger partial charge in [-0.2, -0.15) is 0 Å². The molecule has 0 fully saturated rings. The number of anilines is 1. The van der Waals surface area contributed by atoms with Crippen molar-refractivity contribution in [1.29, 1.82) is 0 Å². The molecule has 1 aliphatic rings. The summed E-state index contributed by atoms with van der Waals surface area (Å²) in [5, 5.41) is 6.38. The van der Waals surface area contributed by atoms with Crippen LogP contribution in [0.2, 0.25) is 0 Å². The molecule has 2 N–H and O–H groups in total. The van der Waals surface area contributed by atoms with Crippen molar-refractivity contribution >= 4 is 11.6 Å². The predicted octanol–water partition coefficient (Wildman–Crippen LogP) is 3.17. The molecule has 2 aromatic carbocycles. The maximum Gasteiger partial charge on any atom is 0.255 e. The highest BCUT2D eigenvalue weighted by Crippen LogP contribution is 2.31. The van der Waals surface area contributed by atoms with Gasteiger partial charge >= 0.3 is 0 Å². The first-order chi connectivity index (χ1) is 10.1. The van der Waals surface area contributed by atoms with Crippen molar-refractivity contribution in [1.82, 2.24) is 5.32 Å². The van der Waals surface area contributed by atoms with Crippen LogP contribution >= 0.6 is 0 Å². The molecule has 108 valence electrons. The SMILES string of the molecule is COc1cc(C)c([C@@H]2NC(=O)c3ccccc3N2)cc1C. The number of amides is 1. The molecule has 0 radical (unpaired) electrons. The zero-order valence-corrected chi connectivity index (χ0v) is 12.4. The van der Waals surface area contributed by atoms with E-state index < -0.39 is 0 Å². The smallest absolute Gasteiger partial charge is 0.255 e. The van der Waals surface area contributed by atoms with Gasteiger partial charge in [0.05, 0.1) is 12.7 Å². The highest BCUT2D eigenvalue weighted by molar-refractivity contribution is 6.01. The van der Waals surface area contributed by atoms with Crippen molar-refractivity contribution in [2.75, 3.05) is 12.4 Å². The fourth-order valence-electron chi connectivity index (χ4n) is 2.71. The number of fused-ring (bicyclic) bond motifs is 1. The van der Waals surface area contributed by atoms with Crippen molar-refractivity contribution in [3.63, 3.8) is 0 Å². The maximum atomic E-state index is 12.2. The van der Waals surface area contributed by atoms with Crippen LogP contribution in [0.1, 0.15) is 33.2 Å². The Balaban J connectivity index is 2.00. The number of rotatable bonds is 2. The zero-order chi connectivity index (χ0) is 15.0. The van der Waals surface area contributed by atoms with Crippen LogP contribution in [0.5, 0.6) is 5.75 Å². The van der Waals surface area contributed by atoms with E-state index in [0.717, 1.165) is 28.1 Å². The summed E-state index contributed by atoms with van der Waals surface area (Å²) in [5.41, 5.74) is 4.72. The summed E-state index contributed by atoms with van der Waals surface area (Å²) in [6.07, 6.45) is -0.225. The Labute approximate surface area is 124 Å². The van der Waals surface area contributed by atoms with Gasteiger partial charge in [0.25, 0.3) is 5.91 Å². The number of ether oxygens (including phenoxy) is 1. The molecule has 1 heterocycles. The van der Waals surface area contributed by atoms with Gasteiger partial charge in [0, 0.05) is 5.69 Å². The fourth-order valence-corrected chi connectivity index (χ4v) is 2.71. The molecule has 0 spiro atoms. The maximum absolute atomic E-state index is 12.2. The lowest BCUT2D eigenvalue weighted by atomic mass is 9.99. The van der Waals surface area contributed by atoms with Gasteiger partial charge in [-0.3, -0.25) is 4.79 Å². The van der Waals surface area contributed by atoms with Gasteiger partial charge in [0.2, 0.25) is 0 Å². The summed E-state index contributed by atoms with van der Waals surface area (Å²) in [6.45, 7) is 4.02. The Morgan fingerprint density at radius 3 is 2.57 bits per heavy atom. The van der Waals surface area contributed by atoms with Crippen LogP contribution < -0.4 is 15.4 Å². The number of methoxy groups -OCH3 is 1. The van der Waals surface area contributed by atoms with E-state index in [9.17, 15) is 4.79 Å². The molecular weight excluding hydrogens is 264 g/mol. The summed E-state index contributed by atoms with van der Waals surface area (Å²) >= 11 is 0. The third-order valence-corrected chi connectivity index (χ3v) is 3.84. The van der Waals surface area contributed by atoms with Crippen molar-refractivity contribution < 1.29 is 9.53 Å². The number of aryl methyl sites for hydroxylation is 2. The van der Waals surface area contributed by atoms with Crippen LogP contribution in [0.4, 0.5) is 5.69 Å². The monoisotopic (exact) mass is 282 g/mol. The van der Waals surface area contributed by atoms with Crippen molar-refractivity contribution in [2.24, 2.45) is 0 Å². The summed E-state index contributed by atoms with van der Waals surface area (Å²) in [4.78, 5) is 12.2. The van der Waals surface area contributed by atoms with E-state index in [2.05, 4.69) is 16.7 Å². The summed E-state index contributed by atoms with van der Waals surface area (Å²) < 4.78 is 5.34. The molecule has 2 aromatic rings. The molecule has 21 heavy (non-hydrogen) atoms. The molecule has 0 aromatic heterocycles. The standard InChI is InChI=1S/C17H18N2O2/c1-10-9-15(21-3)11(2)8-13(10)16-18-14-7-5-4-6-12(14)17(20)19-16/h4-9,16,18H,1-3H3,(H,19,20)/t16-/m0/s1. The lowest BCUT2D eigenvalue weighted by Gasteiger charge is -2.29. The third-order valence-electron chi connectivity index (χ3n) is 3.84. The normalized spacial score (nSPS) is 16.7. The molecule has 3 rings (SSSR count). The third kappa shape index (κ3) is 2.33. The molecule has 4 heteroatoms. The van der Waals surface area contributed by atoms with Crippen molar-refractivity contribution in [3.8, 4) is 5.75 Å². The Morgan fingerprint density at radius 1 is 1.05 bits per heavy atom. The number of para-hydroxylation sites is 1. The van der Waals surface area contributed by atoms with E-state index in [-0.39, 0.29) is 12.1 Å². The second-order valence-corrected chi connectivity index (χ2v) is 5.27. The van der Waals surface area contributed by atoms with Crippen LogP contribution in [-0.4, -0.2) is 13.0 Å². The van der Waals surface area contributed by atoms with Crippen molar-refractivity contribution in [2.45, 2.75) is 20.0 Å². The second-order valence-electron chi connectivity index (χ2n) is 5.27. The zero-order valence-electron chi connectivity index (χ0n) is 12.4. The van der Waals surface area contributed by atoms with E-state index in [1.165, 1.54) is 0 Å². The van der Waals surface area contributed by atoms with E-state index >= 15 is 0 Å². The van der Waals surface area contributed by atoms with Crippen LogP contribution in [0.15, 0.2) is 36.4 Å². The van der Waals surface area contributed by atoms with Crippen LogP contribution in [0, 0.1) is 13.8 Å². The summed E-state index contributed by atoms with van der Waals surface area (Å²) in [7, 11) is 1.67. The molecule has 4 nitrogen and oxygen atoms in total. The Morgan fingerprint density at radius 2 is 1.81 bits per heavy atom. The Kier molecular flexibility index (Phi) is 3.29. The average Bonchev–Trinajstić information content (AvgIpc) is 2.49. The quantitative estimate of drug-likeness (QED) is 0.889. The predicted molar refractivity (Wildman–Crippen MR) is 82.7 cm³/mol. The molecule has 0 bridgehead atoms. The fraction of sp³-hybridized carbons (Fsp3) is 0.235. The number of carbonyl (C=O) groups excluding carboxylic acids is 1. The van der Waals surface area contributed by atoms with Gasteiger partial charge in [-0.1, -0.05) is 12.1 Å². The molecule has 0 saturated carbocycles. The Bertz CT molecular complexity index is 710. The van der Waals surface area contributed by atoms with E-state index in [1.54, 1.807) is 7.11 Å². The number of hydrogen-bond acceptors (Lipinski definition) is 3. The second kappa shape index (κ2) is 5.13. The molecule has 0 saturated heterocycles. The highest BCUT2D eigenvalue weighted by Gasteiger charge is 2.25. The molecular formula is C17H18N2O2. The van der Waals surface area contributed by atoms with E-state index in [0.29, 0.717) is 5.56 Å². The number of nitrogens with one attached hydrogen (secondary N) is 2. The molecule has 1 atom stereocenters. The van der Waals surface area contributed by atoms with Gasteiger partial charge < -0.3 is 15.4 Å². The molecule has 1 amide bonds. The minimum atomic E-state index is -0.225. The van der Waals surface area contributed by atoms with Gasteiger partial charge in [0.1, 0.15) is 11.9 Å². The van der Waals surface area contributed by atoms with Gasteiger partial charge in [0.15, 0.2) is 0 Å². The number of benzene rings is 2. The highest BCUT2D eigenvalue weighted by atomic mass is 16.5. The first-order valence-corrected chi connectivity index (χ1v) is 6.91. The number of hydrogen-bond donors (Lipinski definition) is 2. The lowest BCUT2D eigenvalue weighted by Crippen LogP contribution is -2.38. The van der Waals surface area contributed by atoms with Crippen LogP contribution in [0.25, 0.3) is 0 Å². The van der Waals surface area contributed by atoms with E-state index in [1.807, 2.05) is 44.2 Å². The molecule has 1 aliphatic heterocycles. The van der Waals surface area contributed by atoms with Crippen LogP contribution in [0.3, 0.4) is 0 Å². The Hall–Kier alpha value is -2.49. The van der Waals surface area contributed by atoms with Gasteiger partial charge in [-0.05, 0) is 54.8 Å². The first-order valence-electron chi connectivity index (χ1n) is 6.91. The van der Waals surface area contributed by atoms with Gasteiger partial charge in [-0.15, -0.1) is 0 Å². The molecule has 0 unspecified atom stereocenters. The minimum Gasteiger partial charge on any atom is -0.496 e. The van der Waals surface area contributed by atoms with Crippen molar-refractivity contribution in [3.05, 3.63) is 58.7 Å². The summed E-state index contributed by atoms with van der Waals surface area (Å²) in [6, 6.07) is 11.6. The molecule has 0 aliphatic carbocycles. The van der Waals surface area contributed by atoms with E-state index in [4.69, 9.17) is 4.74 Å². The topological polar surface area (TPSA) is 50.4 Å².